The van der Waals surface area contributed by atoms with Crippen LogP contribution in [0.4, 0.5) is 10.8 Å². The number of ether oxygens (including phenoxy) is 2. The third-order valence-electron chi connectivity index (χ3n) is 2.70. The van der Waals surface area contributed by atoms with Gasteiger partial charge in [0.15, 0.2) is 10.8 Å². The highest BCUT2D eigenvalue weighted by molar-refractivity contribution is 7.14. The van der Waals surface area contributed by atoms with Gasteiger partial charge in [-0.3, -0.25) is 0 Å². The molecule has 0 radical (unpaired) electrons. The van der Waals surface area contributed by atoms with E-state index in [0.29, 0.717) is 12.3 Å². The molecule has 0 amide bonds. The van der Waals surface area contributed by atoms with Gasteiger partial charge in [-0.05, 0) is 19.1 Å². The molecular weight excluding hydrogens is 276 g/mol. The standard InChI is InChI=1S/C14H16N2O3S/c1-4-19-13(17)12-9-20-14(15-12)16(2)10-6-5-7-11(8-10)18-3/h5-9H,4H2,1-3H3. The SMILES string of the molecule is CCOC(=O)c1csc(N(C)c2cccc(OC)c2)n1. The largest absolute Gasteiger partial charge is 0.497 e. The van der Waals surface area contributed by atoms with Gasteiger partial charge in [0.05, 0.1) is 13.7 Å². The van der Waals surface area contributed by atoms with Crippen molar-refractivity contribution in [3.63, 3.8) is 0 Å². The number of thiazole rings is 1. The highest BCUT2D eigenvalue weighted by Crippen LogP contribution is 2.29. The number of hydrogen-bond acceptors (Lipinski definition) is 6. The Hall–Kier alpha value is -2.08. The van der Waals surface area contributed by atoms with Crippen molar-refractivity contribution < 1.29 is 14.3 Å². The molecule has 6 heteroatoms. The Kier molecular flexibility index (Phi) is 4.57. The number of carbonyl (C=O) groups excluding carboxylic acids is 1. The van der Waals surface area contributed by atoms with Gasteiger partial charge >= 0.3 is 5.97 Å². The first-order chi connectivity index (χ1) is 9.65. The van der Waals surface area contributed by atoms with Crippen LogP contribution in [0.5, 0.6) is 5.75 Å². The van der Waals surface area contributed by atoms with Crippen molar-refractivity contribution in [3.8, 4) is 5.75 Å². The zero-order chi connectivity index (χ0) is 14.5. The molecule has 1 heterocycles. The molecule has 20 heavy (non-hydrogen) atoms. The Balaban J connectivity index is 2.20. The van der Waals surface area contributed by atoms with Crippen LogP contribution in [0.3, 0.4) is 0 Å². The van der Waals surface area contributed by atoms with Gasteiger partial charge in [-0.25, -0.2) is 9.78 Å². The zero-order valence-electron chi connectivity index (χ0n) is 11.6. The van der Waals surface area contributed by atoms with E-state index in [9.17, 15) is 4.79 Å². The van der Waals surface area contributed by atoms with Crippen LogP contribution in [0.15, 0.2) is 29.6 Å². The highest BCUT2D eigenvalue weighted by atomic mass is 32.1. The lowest BCUT2D eigenvalue weighted by Crippen LogP contribution is -2.10. The molecule has 2 rings (SSSR count). The van der Waals surface area contributed by atoms with Gasteiger partial charge in [0, 0.05) is 24.2 Å². The fraction of sp³-hybridized carbons (Fsp3) is 0.286. The van der Waals surface area contributed by atoms with Gasteiger partial charge in [-0.1, -0.05) is 6.07 Å². The molecule has 1 aromatic heterocycles. The van der Waals surface area contributed by atoms with Gasteiger partial charge in [0.2, 0.25) is 0 Å². The van der Waals surface area contributed by atoms with Crippen molar-refractivity contribution in [2.45, 2.75) is 6.92 Å². The van der Waals surface area contributed by atoms with E-state index in [4.69, 9.17) is 9.47 Å². The summed E-state index contributed by atoms with van der Waals surface area (Å²) in [6, 6.07) is 7.65. The topological polar surface area (TPSA) is 51.7 Å². The molecule has 0 atom stereocenters. The van der Waals surface area contributed by atoms with Crippen LogP contribution in [0.2, 0.25) is 0 Å². The summed E-state index contributed by atoms with van der Waals surface area (Å²) in [4.78, 5) is 17.8. The molecule has 5 nitrogen and oxygen atoms in total. The molecule has 0 fully saturated rings. The molecule has 0 aliphatic rings. The molecule has 0 unspecified atom stereocenters. The summed E-state index contributed by atoms with van der Waals surface area (Å²) in [7, 11) is 3.52. The smallest absolute Gasteiger partial charge is 0.357 e. The van der Waals surface area contributed by atoms with Crippen molar-refractivity contribution >= 4 is 28.1 Å². The maximum absolute atomic E-state index is 11.6. The maximum atomic E-state index is 11.6. The average Bonchev–Trinajstić information content (AvgIpc) is 2.96. The van der Waals surface area contributed by atoms with Crippen LogP contribution in [-0.2, 0) is 4.74 Å². The fourth-order valence-electron chi connectivity index (χ4n) is 1.65. The molecular formula is C14H16N2O3S. The van der Waals surface area contributed by atoms with Crippen molar-refractivity contribution in [1.29, 1.82) is 0 Å². The van der Waals surface area contributed by atoms with Crippen LogP contribution in [0, 0.1) is 0 Å². The van der Waals surface area contributed by atoms with E-state index in [-0.39, 0.29) is 0 Å². The summed E-state index contributed by atoms with van der Waals surface area (Å²) >= 11 is 1.39. The quantitative estimate of drug-likeness (QED) is 0.793. The molecule has 2 aromatic rings. The second-order valence-corrected chi connectivity index (χ2v) is 4.83. The first-order valence-electron chi connectivity index (χ1n) is 6.16. The van der Waals surface area contributed by atoms with Gasteiger partial charge < -0.3 is 14.4 Å². The van der Waals surface area contributed by atoms with Crippen molar-refractivity contribution in [2.75, 3.05) is 25.7 Å². The normalized spacial score (nSPS) is 10.2. The van der Waals surface area contributed by atoms with Crippen LogP contribution in [0.1, 0.15) is 17.4 Å². The minimum Gasteiger partial charge on any atom is -0.497 e. The number of anilines is 2. The molecule has 0 N–H and O–H groups in total. The number of esters is 1. The van der Waals surface area contributed by atoms with E-state index in [1.807, 2.05) is 36.2 Å². The third-order valence-corrected chi connectivity index (χ3v) is 3.62. The Morgan fingerprint density at radius 3 is 2.95 bits per heavy atom. The van der Waals surface area contributed by atoms with E-state index in [0.717, 1.165) is 16.6 Å². The van der Waals surface area contributed by atoms with Crippen molar-refractivity contribution in [2.24, 2.45) is 0 Å². The predicted molar refractivity (Wildman–Crippen MR) is 79.1 cm³/mol. The van der Waals surface area contributed by atoms with Crippen LogP contribution < -0.4 is 9.64 Å². The lowest BCUT2D eigenvalue weighted by atomic mass is 10.3. The van der Waals surface area contributed by atoms with Crippen LogP contribution >= 0.6 is 11.3 Å². The average molecular weight is 292 g/mol. The number of methoxy groups -OCH3 is 1. The molecule has 0 aliphatic heterocycles. The Morgan fingerprint density at radius 2 is 2.25 bits per heavy atom. The maximum Gasteiger partial charge on any atom is 0.357 e. The zero-order valence-corrected chi connectivity index (χ0v) is 12.4. The second kappa shape index (κ2) is 6.38. The van der Waals surface area contributed by atoms with E-state index >= 15 is 0 Å². The lowest BCUT2D eigenvalue weighted by Gasteiger charge is -2.16. The molecule has 1 aromatic carbocycles. The minimum absolute atomic E-state index is 0.335. The van der Waals surface area contributed by atoms with E-state index in [2.05, 4.69) is 4.98 Å². The number of hydrogen-bond donors (Lipinski definition) is 0. The Bertz CT molecular complexity index is 598. The molecule has 0 spiro atoms. The third kappa shape index (κ3) is 3.08. The predicted octanol–water partition coefficient (Wildman–Crippen LogP) is 3.10. The molecule has 0 bridgehead atoms. The molecule has 0 saturated carbocycles. The Labute approximate surface area is 121 Å². The highest BCUT2D eigenvalue weighted by Gasteiger charge is 2.15. The molecule has 0 aliphatic carbocycles. The minimum atomic E-state index is -0.394. The van der Waals surface area contributed by atoms with Gasteiger partial charge in [0.25, 0.3) is 0 Å². The summed E-state index contributed by atoms with van der Waals surface area (Å²) in [5.74, 6) is 0.380. The lowest BCUT2D eigenvalue weighted by molar-refractivity contribution is 0.0520. The van der Waals surface area contributed by atoms with E-state index < -0.39 is 5.97 Å². The summed E-state index contributed by atoms with van der Waals surface area (Å²) < 4.78 is 10.1. The molecule has 106 valence electrons. The van der Waals surface area contributed by atoms with Crippen LogP contribution in [-0.4, -0.2) is 31.7 Å². The van der Waals surface area contributed by atoms with E-state index in [1.165, 1.54) is 11.3 Å². The van der Waals surface area contributed by atoms with E-state index in [1.54, 1.807) is 19.4 Å². The number of nitrogens with zero attached hydrogens (tertiary/aromatic N) is 2. The number of rotatable bonds is 5. The summed E-state index contributed by atoms with van der Waals surface area (Å²) in [5, 5.41) is 2.42. The van der Waals surface area contributed by atoms with Gasteiger partial charge in [0.1, 0.15) is 5.75 Å². The summed E-state index contributed by atoms with van der Waals surface area (Å²) in [6.07, 6.45) is 0. The summed E-state index contributed by atoms with van der Waals surface area (Å²) in [6.45, 7) is 2.12. The Morgan fingerprint density at radius 1 is 1.45 bits per heavy atom. The first kappa shape index (κ1) is 14.3. The number of benzene rings is 1. The van der Waals surface area contributed by atoms with Gasteiger partial charge in [-0.15, -0.1) is 11.3 Å². The van der Waals surface area contributed by atoms with Gasteiger partial charge in [-0.2, -0.15) is 0 Å². The van der Waals surface area contributed by atoms with Crippen LogP contribution in [0.25, 0.3) is 0 Å². The fourth-order valence-corrected chi connectivity index (χ4v) is 2.43. The summed E-state index contributed by atoms with van der Waals surface area (Å²) in [5.41, 5.74) is 1.27. The first-order valence-corrected chi connectivity index (χ1v) is 7.04. The second-order valence-electron chi connectivity index (χ2n) is 4.00. The molecule has 0 saturated heterocycles. The van der Waals surface area contributed by atoms with Crippen molar-refractivity contribution in [3.05, 3.63) is 35.3 Å². The monoisotopic (exact) mass is 292 g/mol. The number of aromatic nitrogens is 1. The van der Waals surface area contributed by atoms with Crippen molar-refractivity contribution in [1.82, 2.24) is 4.98 Å². The number of carbonyl (C=O) groups is 1.